The van der Waals surface area contributed by atoms with Crippen molar-refractivity contribution in [1.82, 2.24) is 0 Å². The van der Waals surface area contributed by atoms with Crippen molar-refractivity contribution in [2.24, 2.45) is 0 Å². The largest absolute Gasteiger partial charge is 0.415 e. The van der Waals surface area contributed by atoms with Crippen molar-refractivity contribution in [3.05, 3.63) is 0 Å². The van der Waals surface area contributed by atoms with Gasteiger partial charge in [0.15, 0.2) is 16.6 Å². The van der Waals surface area contributed by atoms with Crippen molar-refractivity contribution >= 4 is 16.6 Å². The molecule has 2 atom stereocenters. The first kappa shape index (κ1) is 23.3. The summed E-state index contributed by atoms with van der Waals surface area (Å²) in [5.41, 5.74) is 0. The van der Waals surface area contributed by atoms with Crippen LogP contribution in [0.15, 0.2) is 0 Å². The van der Waals surface area contributed by atoms with Gasteiger partial charge < -0.3 is 8.85 Å². The van der Waals surface area contributed by atoms with Gasteiger partial charge in [-0.05, 0) is 45.7 Å². The SMILES string of the molecule is CCCCCCCCC(O[Si](C)(C)C)C(CO[Si](C)(C)C)OO. The van der Waals surface area contributed by atoms with Crippen molar-refractivity contribution in [3.8, 4) is 0 Å². The first-order valence-electron chi connectivity index (χ1n) is 9.21. The Bertz CT molecular complexity index is 287. The third-order valence-corrected chi connectivity index (χ3v) is 5.62. The van der Waals surface area contributed by atoms with Crippen LogP contribution >= 0.6 is 0 Å². The summed E-state index contributed by atoms with van der Waals surface area (Å²) < 4.78 is 12.2. The summed E-state index contributed by atoms with van der Waals surface area (Å²) in [4.78, 5) is 4.74. The Morgan fingerprint density at radius 1 is 0.783 bits per heavy atom. The Labute approximate surface area is 146 Å². The Hall–Kier alpha value is 0.274. The highest BCUT2D eigenvalue weighted by atomic mass is 28.4. The maximum Gasteiger partial charge on any atom is 0.184 e. The third-order valence-electron chi connectivity index (χ3n) is 3.58. The van der Waals surface area contributed by atoms with E-state index < -0.39 is 16.6 Å². The molecule has 0 fully saturated rings. The Balaban J connectivity index is 4.45. The van der Waals surface area contributed by atoms with Crippen LogP contribution in [0, 0.1) is 0 Å². The van der Waals surface area contributed by atoms with E-state index in [1.165, 1.54) is 32.1 Å². The van der Waals surface area contributed by atoms with Crippen molar-refractivity contribution in [2.45, 2.75) is 103 Å². The van der Waals surface area contributed by atoms with Gasteiger partial charge in [0.1, 0.15) is 6.10 Å². The second-order valence-corrected chi connectivity index (χ2v) is 17.4. The molecular formula is C17H40O4Si2. The van der Waals surface area contributed by atoms with Gasteiger partial charge in [0, 0.05) is 0 Å². The highest BCUT2D eigenvalue weighted by Crippen LogP contribution is 2.20. The molecule has 0 rings (SSSR count). The van der Waals surface area contributed by atoms with Crippen molar-refractivity contribution in [3.63, 3.8) is 0 Å². The zero-order chi connectivity index (χ0) is 17.9. The summed E-state index contributed by atoms with van der Waals surface area (Å²) in [7, 11) is -3.32. The van der Waals surface area contributed by atoms with Crippen LogP contribution in [0.4, 0.5) is 0 Å². The predicted molar refractivity (Wildman–Crippen MR) is 103 cm³/mol. The fourth-order valence-corrected chi connectivity index (χ4v) is 4.28. The van der Waals surface area contributed by atoms with Crippen LogP contribution in [0.5, 0.6) is 0 Å². The highest BCUT2D eigenvalue weighted by molar-refractivity contribution is 6.70. The molecule has 0 saturated carbocycles. The molecule has 4 nitrogen and oxygen atoms in total. The first-order chi connectivity index (χ1) is 10.6. The standard InChI is InChI=1S/C17H40O4Si2/c1-8-9-10-11-12-13-14-16(21-23(5,6)7)17(20-18)15-19-22(2,3)4/h16-18H,8-15H2,1-7H3. The molecule has 0 spiro atoms. The molecule has 140 valence electrons. The van der Waals surface area contributed by atoms with E-state index in [0.717, 1.165) is 12.8 Å². The lowest BCUT2D eigenvalue weighted by molar-refractivity contribution is -0.300. The van der Waals surface area contributed by atoms with Crippen molar-refractivity contribution in [2.75, 3.05) is 6.61 Å². The summed E-state index contributed by atoms with van der Waals surface area (Å²) in [6.45, 7) is 15.6. The molecule has 1 N–H and O–H groups in total. The van der Waals surface area contributed by atoms with Gasteiger partial charge in [-0.2, -0.15) is 0 Å². The monoisotopic (exact) mass is 364 g/mol. The molecule has 0 bridgehead atoms. The lowest BCUT2D eigenvalue weighted by Crippen LogP contribution is -2.44. The summed E-state index contributed by atoms with van der Waals surface area (Å²) in [6.07, 6.45) is 7.99. The van der Waals surface area contributed by atoms with Crippen LogP contribution in [0.25, 0.3) is 0 Å². The average Bonchev–Trinajstić information content (AvgIpc) is 2.40. The van der Waals surface area contributed by atoms with E-state index in [9.17, 15) is 5.26 Å². The van der Waals surface area contributed by atoms with Gasteiger partial charge in [0.2, 0.25) is 0 Å². The highest BCUT2D eigenvalue weighted by Gasteiger charge is 2.30. The molecule has 0 saturated heterocycles. The maximum absolute atomic E-state index is 9.33. The van der Waals surface area contributed by atoms with Gasteiger partial charge in [0.25, 0.3) is 0 Å². The summed E-state index contributed by atoms with van der Waals surface area (Å²) in [5, 5.41) is 9.33. The van der Waals surface area contributed by atoms with Crippen LogP contribution in [0.1, 0.15) is 51.9 Å². The number of hydrogen-bond acceptors (Lipinski definition) is 4. The zero-order valence-electron chi connectivity index (χ0n) is 16.5. The lowest BCUT2D eigenvalue weighted by Gasteiger charge is -2.32. The molecule has 0 aromatic carbocycles. The number of unbranched alkanes of at least 4 members (excludes halogenated alkanes) is 5. The van der Waals surface area contributed by atoms with Gasteiger partial charge in [-0.1, -0.05) is 45.4 Å². The second-order valence-electron chi connectivity index (χ2n) is 8.39. The average molecular weight is 365 g/mol. The van der Waals surface area contributed by atoms with E-state index in [0.29, 0.717) is 6.61 Å². The molecular weight excluding hydrogens is 324 g/mol. The molecule has 0 aliphatic rings. The van der Waals surface area contributed by atoms with E-state index >= 15 is 0 Å². The van der Waals surface area contributed by atoms with E-state index in [-0.39, 0.29) is 12.2 Å². The quantitative estimate of drug-likeness (QED) is 0.187. The molecule has 0 aromatic heterocycles. The molecule has 0 heterocycles. The van der Waals surface area contributed by atoms with Crippen molar-refractivity contribution < 1.29 is 19.0 Å². The molecule has 0 aliphatic carbocycles. The predicted octanol–water partition coefficient (Wildman–Crippen LogP) is 5.67. The van der Waals surface area contributed by atoms with Crippen LogP contribution in [0.2, 0.25) is 39.3 Å². The van der Waals surface area contributed by atoms with Crippen LogP contribution in [-0.2, 0) is 13.7 Å². The van der Waals surface area contributed by atoms with Gasteiger partial charge in [-0.3, -0.25) is 5.26 Å². The molecule has 6 heteroatoms. The minimum atomic E-state index is -1.69. The molecule has 0 aliphatic heterocycles. The van der Waals surface area contributed by atoms with Crippen LogP contribution in [0.3, 0.4) is 0 Å². The topological polar surface area (TPSA) is 47.9 Å². The summed E-state index contributed by atoms with van der Waals surface area (Å²) >= 11 is 0. The fourth-order valence-electron chi connectivity index (χ4n) is 2.44. The van der Waals surface area contributed by atoms with Gasteiger partial charge in [-0.15, -0.1) is 0 Å². The normalized spacial score (nSPS) is 15.7. The number of hydrogen-bond donors (Lipinski definition) is 1. The number of rotatable bonds is 14. The van der Waals surface area contributed by atoms with E-state index in [4.69, 9.17) is 13.7 Å². The summed E-state index contributed by atoms with van der Waals surface area (Å²) in [6, 6.07) is 0. The summed E-state index contributed by atoms with van der Waals surface area (Å²) in [5.74, 6) is 0. The smallest absolute Gasteiger partial charge is 0.184 e. The molecule has 0 amide bonds. The molecule has 23 heavy (non-hydrogen) atoms. The second kappa shape index (κ2) is 11.8. The minimum absolute atomic E-state index is 0.0748. The van der Waals surface area contributed by atoms with Crippen molar-refractivity contribution in [1.29, 1.82) is 0 Å². The fraction of sp³-hybridized carbons (Fsp3) is 1.00. The zero-order valence-corrected chi connectivity index (χ0v) is 18.5. The van der Waals surface area contributed by atoms with E-state index in [2.05, 4.69) is 46.2 Å². The van der Waals surface area contributed by atoms with E-state index in [1.807, 2.05) is 0 Å². The maximum atomic E-state index is 9.33. The third kappa shape index (κ3) is 14.3. The van der Waals surface area contributed by atoms with E-state index in [1.54, 1.807) is 0 Å². The Kier molecular flexibility index (Phi) is 11.9. The van der Waals surface area contributed by atoms with Gasteiger partial charge in [-0.25, -0.2) is 4.89 Å². The minimum Gasteiger partial charge on any atom is -0.415 e. The Morgan fingerprint density at radius 2 is 1.35 bits per heavy atom. The lowest BCUT2D eigenvalue weighted by atomic mass is 10.0. The van der Waals surface area contributed by atoms with Gasteiger partial charge in [0.05, 0.1) is 12.7 Å². The first-order valence-corrected chi connectivity index (χ1v) is 16.0. The van der Waals surface area contributed by atoms with Crippen LogP contribution in [-0.4, -0.2) is 40.7 Å². The molecule has 0 aromatic rings. The Morgan fingerprint density at radius 3 is 1.83 bits per heavy atom. The van der Waals surface area contributed by atoms with Gasteiger partial charge >= 0.3 is 0 Å². The molecule has 0 radical (unpaired) electrons. The molecule has 2 unspecified atom stereocenters. The van der Waals surface area contributed by atoms with Crippen LogP contribution < -0.4 is 0 Å².